The molecule has 1 aliphatic heterocycles. The average Bonchev–Trinajstić information content (AvgIpc) is 3.47. The number of carbonyl (C=O) groups is 2. The lowest BCUT2D eigenvalue weighted by Gasteiger charge is -2.21. The van der Waals surface area contributed by atoms with Gasteiger partial charge in [-0.05, 0) is 60.6 Å². The molecule has 1 saturated carbocycles. The van der Waals surface area contributed by atoms with Crippen molar-refractivity contribution in [3.05, 3.63) is 42.1 Å². The van der Waals surface area contributed by atoms with E-state index < -0.39 is 6.04 Å². The highest BCUT2D eigenvalue weighted by atomic mass is 32.2. The third-order valence-electron chi connectivity index (χ3n) is 5.13. The molecular formula is C20H22N4O2S. The minimum Gasteiger partial charge on any atom is -0.347 e. The highest BCUT2D eigenvalue weighted by molar-refractivity contribution is 7.99. The molecule has 7 heteroatoms. The minimum atomic E-state index is -0.412. The summed E-state index contributed by atoms with van der Waals surface area (Å²) in [6.07, 6.45) is 7.31. The number of hydrogen-bond donors (Lipinski definition) is 2. The lowest BCUT2D eigenvalue weighted by atomic mass is 9.99. The van der Waals surface area contributed by atoms with Crippen LogP contribution in [0.1, 0.15) is 30.7 Å². The van der Waals surface area contributed by atoms with Crippen LogP contribution in [0.2, 0.25) is 0 Å². The van der Waals surface area contributed by atoms with Crippen LogP contribution in [0.3, 0.4) is 0 Å². The van der Waals surface area contributed by atoms with Crippen molar-refractivity contribution in [2.45, 2.75) is 31.2 Å². The van der Waals surface area contributed by atoms with Crippen LogP contribution in [0.5, 0.6) is 0 Å². The van der Waals surface area contributed by atoms with Gasteiger partial charge in [0, 0.05) is 30.2 Å². The number of hydrogen-bond acceptors (Lipinski definition) is 5. The molecule has 4 rings (SSSR count). The van der Waals surface area contributed by atoms with Crippen molar-refractivity contribution in [1.29, 1.82) is 0 Å². The van der Waals surface area contributed by atoms with E-state index in [9.17, 15) is 9.59 Å². The zero-order valence-corrected chi connectivity index (χ0v) is 16.0. The van der Waals surface area contributed by atoms with E-state index in [0.717, 1.165) is 35.5 Å². The summed E-state index contributed by atoms with van der Waals surface area (Å²) in [5, 5.41) is 2.63. The summed E-state index contributed by atoms with van der Waals surface area (Å²) in [6.45, 7) is 0.635. The molecule has 27 heavy (non-hydrogen) atoms. The SMILES string of the molecule is CSNc1ncccc1-c1ccc(N2CCC(NC=O)C2=O)c(C2CC2)c1. The van der Waals surface area contributed by atoms with Gasteiger partial charge < -0.3 is 14.9 Å². The van der Waals surface area contributed by atoms with Crippen LogP contribution < -0.4 is 14.9 Å². The molecule has 1 unspecified atom stereocenters. The van der Waals surface area contributed by atoms with Gasteiger partial charge in [-0.25, -0.2) is 4.98 Å². The van der Waals surface area contributed by atoms with Crippen LogP contribution in [0.15, 0.2) is 36.5 Å². The van der Waals surface area contributed by atoms with Crippen molar-refractivity contribution in [1.82, 2.24) is 10.3 Å². The molecule has 0 bridgehead atoms. The standard InChI is InChI=1S/C20H22N4O2S/c1-27-23-19-15(3-2-9-21-19)14-6-7-18(16(11-14)13-4-5-13)24-10-8-17(20(24)26)22-12-25/h2-3,6-7,9,11-13,17H,4-5,8,10H2,1H3,(H,21,23)(H,22,25). The topological polar surface area (TPSA) is 74.3 Å². The van der Waals surface area contributed by atoms with Crippen molar-refractivity contribution in [3.63, 3.8) is 0 Å². The van der Waals surface area contributed by atoms with Crippen LogP contribution in [0.4, 0.5) is 11.5 Å². The van der Waals surface area contributed by atoms with Crippen LogP contribution >= 0.6 is 11.9 Å². The molecule has 1 aromatic carbocycles. The van der Waals surface area contributed by atoms with E-state index in [1.807, 2.05) is 23.3 Å². The molecule has 2 amide bonds. The van der Waals surface area contributed by atoms with E-state index >= 15 is 0 Å². The summed E-state index contributed by atoms with van der Waals surface area (Å²) in [4.78, 5) is 29.7. The second-order valence-corrected chi connectivity index (χ2v) is 7.48. The smallest absolute Gasteiger partial charge is 0.249 e. The summed E-state index contributed by atoms with van der Waals surface area (Å²) in [6, 6.07) is 9.87. The highest BCUT2D eigenvalue weighted by Crippen LogP contribution is 2.46. The van der Waals surface area contributed by atoms with Gasteiger partial charge in [-0.2, -0.15) is 0 Å². The van der Waals surface area contributed by atoms with Gasteiger partial charge in [0.15, 0.2) is 0 Å². The van der Waals surface area contributed by atoms with E-state index in [2.05, 4.69) is 33.2 Å². The fourth-order valence-corrected chi connectivity index (χ4v) is 4.02. The predicted octanol–water partition coefficient (Wildman–Crippen LogP) is 3.17. The lowest BCUT2D eigenvalue weighted by Crippen LogP contribution is -2.37. The van der Waals surface area contributed by atoms with Crippen LogP contribution in [-0.2, 0) is 9.59 Å². The van der Waals surface area contributed by atoms with Crippen molar-refractivity contribution in [2.75, 3.05) is 22.4 Å². The van der Waals surface area contributed by atoms with Gasteiger partial charge in [-0.3, -0.25) is 9.59 Å². The first-order chi connectivity index (χ1) is 13.2. The zero-order chi connectivity index (χ0) is 18.8. The maximum Gasteiger partial charge on any atom is 0.249 e. The highest BCUT2D eigenvalue weighted by Gasteiger charge is 2.36. The maximum atomic E-state index is 12.7. The van der Waals surface area contributed by atoms with E-state index in [-0.39, 0.29) is 5.91 Å². The summed E-state index contributed by atoms with van der Waals surface area (Å²) in [7, 11) is 0. The second kappa shape index (κ2) is 7.60. The number of amides is 2. The Morgan fingerprint density at radius 2 is 2.11 bits per heavy atom. The summed E-state index contributed by atoms with van der Waals surface area (Å²) in [5.74, 6) is 1.31. The zero-order valence-electron chi connectivity index (χ0n) is 15.1. The molecule has 6 nitrogen and oxygen atoms in total. The number of rotatable bonds is 7. The first-order valence-corrected chi connectivity index (χ1v) is 10.3. The predicted molar refractivity (Wildman–Crippen MR) is 109 cm³/mol. The van der Waals surface area contributed by atoms with E-state index in [1.54, 1.807) is 6.20 Å². The molecule has 1 aliphatic carbocycles. The van der Waals surface area contributed by atoms with Gasteiger partial charge in [0.1, 0.15) is 11.9 Å². The molecule has 1 aromatic heterocycles. The van der Waals surface area contributed by atoms with Gasteiger partial charge in [-0.15, -0.1) is 0 Å². The number of aromatic nitrogens is 1. The largest absolute Gasteiger partial charge is 0.347 e. The lowest BCUT2D eigenvalue weighted by molar-refractivity contribution is -0.121. The van der Waals surface area contributed by atoms with Gasteiger partial charge in [0.2, 0.25) is 12.3 Å². The number of benzene rings is 1. The molecular weight excluding hydrogens is 360 g/mol. The quantitative estimate of drug-likeness (QED) is 0.568. The fraction of sp³-hybridized carbons (Fsp3) is 0.350. The Kier molecular flexibility index (Phi) is 5.03. The molecule has 2 aromatic rings. The summed E-state index contributed by atoms with van der Waals surface area (Å²) >= 11 is 1.51. The first kappa shape index (κ1) is 17.9. The Labute approximate surface area is 162 Å². The van der Waals surface area contributed by atoms with E-state index in [4.69, 9.17) is 0 Å². The normalized spacial score (nSPS) is 19.2. The number of anilines is 2. The molecule has 0 radical (unpaired) electrons. The third kappa shape index (κ3) is 3.51. The number of nitrogens with zero attached hydrogens (tertiary/aromatic N) is 2. The Balaban J connectivity index is 1.70. The number of nitrogens with one attached hydrogen (secondary N) is 2. The monoisotopic (exact) mass is 382 g/mol. The Morgan fingerprint density at radius 3 is 2.85 bits per heavy atom. The van der Waals surface area contributed by atoms with E-state index in [1.165, 1.54) is 17.5 Å². The first-order valence-electron chi connectivity index (χ1n) is 9.12. The van der Waals surface area contributed by atoms with Crippen LogP contribution in [-0.4, -0.2) is 36.1 Å². The van der Waals surface area contributed by atoms with Crippen LogP contribution in [0, 0.1) is 0 Å². The molecule has 1 saturated heterocycles. The minimum absolute atomic E-state index is 0.0251. The molecule has 2 fully saturated rings. The van der Waals surface area contributed by atoms with Crippen molar-refractivity contribution in [3.8, 4) is 11.1 Å². The second-order valence-electron chi connectivity index (χ2n) is 6.87. The van der Waals surface area contributed by atoms with Gasteiger partial charge in [0.05, 0.1) is 0 Å². The fourth-order valence-electron chi connectivity index (χ4n) is 3.66. The number of pyridine rings is 1. The van der Waals surface area contributed by atoms with Gasteiger partial charge in [-0.1, -0.05) is 18.0 Å². The molecule has 1 atom stereocenters. The van der Waals surface area contributed by atoms with Gasteiger partial charge >= 0.3 is 0 Å². The Morgan fingerprint density at radius 1 is 1.26 bits per heavy atom. The van der Waals surface area contributed by atoms with E-state index in [0.29, 0.717) is 25.3 Å². The average molecular weight is 382 g/mol. The van der Waals surface area contributed by atoms with Crippen molar-refractivity contribution < 1.29 is 9.59 Å². The van der Waals surface area contributed by atoms with Crippen LogP contribution in [0.25, 0.3) is 11.1 Å². The summed E-state index contributed by atoms with van der Waals surface area (Å²) < 4.78 is 3.24. The Bertz CT molecular complexity index is 869. The molecule has 2 N–H and O–H groups in total. The molecule has 0 spiro atoms. The number of carbonyl (C=O) groups excluding carboxylic acids is 2. The third-order valence-corrected chi connectivity index (χ3v) is 5.53. The molecule has 2 aliphatic rings. The maximum absolute atomic E-state index is 12.7. The van der Waals surface area contributed by atoms with Gasteiger partial charge in [0.25, 0.3) is 0 Å². The Hall–Kier alpha value is -2.54. The van der Waals surface area contributed by atoms with Crippen molar-refractivity contribution in [2.24, 2.45) is 0 Å². The molecule has 140 valence electrons. The summed E-state index contributed by atoms with van der Waals surface area (Å²) in [5.41, 5.74) is 4.34. The van der Waals surface area contributed by atoms with Crippen molar-refractivity contribution >= 4 is 35.8 Å². The molecule has 2 heterocycles.